The van der Waals surface area contributed by atoms with Gasteiger partial charge < -0.3 is 9.84 Å². The van der Waals surface area contributed by atoms with Crippen molar-refractivity contribution in [2.75, 3.05) is 6.61 Å². The van der Waals surface area contributed by atoms with Gasteiger partial charge in [0.2, 0.25) is 0 Å². The van der Waals surface area contributed by atoms with Gasteiger partial charge in [0, 0.05) is 17.0 Å². The van der Waals surface area contributed by atoms with Gasteiger partial charge in [-0.1, -0.05) is 0 Å². The SMILES string of the molecule is CCOc1ccc(-c2cc(C(=O)O)c3cc(F)cc(F)c3n2)cc1. The van der Waals surface area contributed by atoms with Gasteiger partial charge in [0.1, 0.15) is 17.1 Å². The van der Waals surface area contributed by atoms with Gasteiger partial charge in [0.05, 0.1) is 17.9 Å². The van der Waals surface area contributed by atoms with Gasteiger partial charge in [0.25, 0.3) is 0 Å². The Hall–Kier alpha value is -3.02. The van der Waals surface area contributed by atoms with Crippen LogP contribution in [0.4, 0.5) is 8.78 Å². The number of fused-ring (bicyclic) bond motifs is 1. The first-order chi connectivity index (χ1) is 11.5. The number of aromatic carboxylic acids is 1. The maximum absolute atomic E-state index is 14.0. The molecule has 3 aromatic rings. The number of nitrogens with zero attached hydrogens (tertiary/aromatic N) is 1. The molecule has 1 heterocycles. The highest BCUT2D eigenvalue weighted by Gasteiger charge is 2.17. The molecule has 3 rings (SSSR count). The van der Waals surface area contributed by atoms with E-state index in [0.717, 1.165) is 6.07 Å². The largest absolute Gasteiger partial charge is 0.494 e. The number of rotatable bonds is 4. The van der Waals surface area contributed by atoms with E-state index in [1.165, 1.54) is 6.07 Å². The summed E-state index contributed by atoms with van der Waals surface area (Å²) in [5, 5.41) is 9.28. The second-order valence-corrected chi connectivity index (χ2v) is 5.10. The van der Waals surface area contributed by atoms with Crippen molar-refractivity contribution < 1.29 is 23.4 Å². The van der Waals surface area contributed by atoms with Crippen LogP contribution in [-0.2, 0) is 0 Å². The number of halogens is 2. The smallest absolute Gasteiger partial charge is 0.336 e. The fourth-order valence-electron chi connectivity index (χ4n) is 2.47. The second-order valence-electron chi connectivity index (χ2n) is 5.10. The maximum atomic E-state index is 14.0. The first kappa shape index (κ1) is 15.9. The van der Waals surface area contributed by atoms with Crippen molar-refractivity contribution in [1.82, 2.24) is 4.98 Å². The Morgan fingerprint density at radius 3 is 2.50 bits per heavy atom. The van der Waals surface area contributed by atoms with Gasteiger partial charge >= 0.3 is 5.97 Å². The average Bonchev–Trinajstić information content (AvgIpc) is 2.55. The number of ether oxygens (including phenoxy) is 1. The van der Waals surface area contributed by atoms with Crippen molar-refractivity contribution in [2.24, 2.45) is 0 Å². The van der Waals surface area contributed by atoms with Crippen LogP contribution in [0.5, 0.6) is 5.75 Å². The molecule has 0 aliphatic rings. The van der Waals surface area contributed by atoms with Crippen molar-refractivity contribution in [1.29, 1.82) is 0 Å². The van der Waals surface area contributed by atoms with Gasteiger partial charge in [-0.25, -0.2) is 18.6 Å². The van der Waals surface area contributed by atoms with E-state index in [9.17, 15) is 18.7 Å². The zero-order chi connectivity index (χ0) is 17.3. The van der Waals surface area contributed by atoms with Crippen LogP contribution < -0.4 is 4.74 Å². The second kappa shape index (κ2) is 6.23. The number of carbonyl (C=O) groups is 1. The van der Waals surface area contributed by atoms with Crippen molar-refractivity contribution in [2.45, 2.75) is 6.92 Å². The fraction of sp³-hybridized carbons (Fsp3) is 0.111. The van der Waals surface area contributed by atoms with Crippen LogP contribution in [-0.4, -0.2) is 22.7 Å². The molecule has 0 saturated heterocycles. The van der Waals surface area contributed by atoms with E-state index < -0.39 is 17.6 Å². The quantitative estimate of drug-likeness (QED) is 0.776. The van der Waals surface area contributed by atoms with E-state index in [1.807, 2.05) is 6.92 Å². The van der Waals surface area contributed by atoms with Gasteiger partial charge in [0.15, 0.2) is 5.82 Å². The van der Waals surface area contributed by atoms with Crippen molar-refractivity contribution in [3.63, 3.8) is 0 Å². The summed E-state index contributed by atoms with van der Waals surface area (Å²) in [5.41, 5.74) is 0.502. The summed E-state index contributed by atoms with van der Waals surface area (Å²) in [5.74, 6) is -2.37. The predicted octanol–water partition coefficient (Wildman–Crippen LogP) is 4.28. The van der Waals surface area contributed by atoms with E-state index in [0.29, 0.717) is 24.0 Å². The number of hydrogen-bond donors (Lipinski definition) is 1. The third kappa shape index (κ3) is 2.90. The molecule has 6 heteroatoms. The lowest BCUT2D eigenvalue weighted by molar-refractivity contribution is 0.0699. The van der Waals surface area contributed by atoms with Gasteiger partial charge in [-0.3, -0.25) is 0 Å². The average molecular weight is 329 g/mol. The molecule has 0 atom stereocenters. The highest BCUT2D eigenvalue weighted by atomic mass is 19.1. The molecule has 0 bridgehead atoms. The number of aromatic nitrogens is 1. The molecule has 24 heavy (non-hydrogen) atoms. The first-order valence-corrected chi connectivity index (χ1v) is 7.26. The summed E-state index contributed by atoms with van der Waals surface area (Å²) in [6, 6.07) is 9.79. The van der Waals surface area contributed by atoms with Crippen molar-refractivity contribution in [3.8, 4) is 17.0 Å². The number of carboxylic acids is 1. The lowest BCUT2D eigenvalue weighted by Crippen LogP contribution is -2.02. The topological polar surface area (TPSA) is 59.4 Å². The van der Waals surface area contributed by atoms with Crippen molar-refractivity contribution >= 4 is 16.9 Å². The molecule has 4 nitrogen and oxygen atoms in total. The summed E-state index contributed by atoms with van der Waals surface area (Å²) in [4.78, 5) is 15.6. The van der Waals surface area contributed by atoms with Crippen LogP contribution in [0.15, 0.2) is 42.5 Å². The van der Waals surface area contributed by atoms with E-state index in [2.05, 4.69) is 4.98 Å². The zero-order valence-corrected chi connectivity index (χ0v) is 12.7. The molecule has 0 unspecified atom stereocenters. The molecule has 0 fully saturated rings. The molecular weight excluding hydrogens is 316 g/mol. The molecule has 1 N–H and O–H groups in total. The molecule has 0 radical (unpaired) electrons. The summed E-state index contributed by atoms with van der Waals surface area (Å²) >= 11 is 0. The minimum atomic E-state index is -1.28. The number of carboxylic acid groups (broad SMARTS) is 1. The Labute approximate surface area is 136 Å². The Bertz CT molecular complexity index is 924. The first-order valence-electron chi connectivity index (χ1n) is 7.26. The zero-order valence-electron chi connectivity index (χ0n) is 12.7. The summed E-state index contributed by atoms with van der Waals surface area (Å²) < 4.78 is 32.8. The van der Waals surface area contributed by atoms with E-state index in [1.54, 1.807) is 24.3 Å². The number of benzene rings is 2. The Balaban J connectivity index is 2.20. The Morgan fingerprint density at radius 2 is 1.88 bits per heavy atom. The molecule has 0 amide bonds. The molecule has 2 aromatic carbocycles. The molecule has 0 spiro atoms. The molecular formula is C18H13F2NO3. The van der Waals surface area contributed by atoms with Crippen molar-refractivity contribution in [3.05, 3.63) is 59.7 Å². The summed E-state index contributed by atoms with van der Waals surface area (Å²) in [6.45, 7) is 2.38. The van der Waals surface area contributed by atoms with E-state index in [-0.39, 0.29) is 22.2 Å². The standard InChI is InChI=1S/C18H13F2NO3/c1-2-24-12-5-3-10(4-6-12)16-9-14(18(22)23)13-7-11(19)8-15(20)17(13)21-16/h3-9H,2H2,1H3,(H,22,23). The molecule has 0 saturated carbocycles. The third-order valence-electron chi connectivity index (χ3n) is 3.52. The Morgan fingerprint density at radius 1 is 1.17 bits per heavy atom. The highest BCUT2D eigenvalue weighted by Crippen LogP contribution is 2.28. The molecule has 1 aromatic heterocycles. The van der Waals surface area contributed by atoms with Crippen LogP contribution in [0.2, 0.25) is 0 Å². The third-order valence-corrected chi connectivity index (χ3v) is 3.52. The molecule has 0 aliphatic carbocycles. The lowest BCUT2D eigenvalue weighted by atomic mass is 10.0. The Kier molecular flexibility index (Phi) is 4.12. The van der Waals surface area contributed by atoms with Crippen LogP contribution in [0.25, 0.3) is 22.2 Å². The van der Waals surface area contributed by atoms with Crippen LogP contribution >= 0.6 is 0 Å². The summed E-state index contributed by atoms with van der Waals surface area (Å²) in [6.07, 6.45) is 0. The monoisotopic (exact) mass is 329 g/mol. The van der Waals surface area contributed by atoms with Crippen LogP contribution in [0, 0.1) is 11.6 Å². The van der Waals surface area contributed by atoms with Gasteiger partial charge in [-0.2, -0.15) is 0 Å². The maximum Gasteiger partial charge on any atom is 0.336 e. The van der Waals surface area contributed by atoms with Crippen LogP contribution in [0.3, 0.4) is 0 Å². The lowest BCUT2D eigenvalue weighted by Gasteiger charge is -2.09. The van der Waals surface area contributed by atoms with E-state index >= 15 is 0 Å². The van der Waals surface area contributed by atoms with Gasteiger partial charge in [-0.05, 0) is 43.3 Å². The minimum Gasteiger partial charge on any atom is -0.494 e. The number of hydrogen-bond acceptors (Lipinski definition) is 3. The molecule has 0 aliphatic heterocycles. The highest BCUT2D eigenvalue weighted by molar-refractivity contribution is 6.03. The number of pyridine rings is 1. The minimum absolute atomic E-state index is 0.0744. The fourth-order valence-corrected chi connectivity index (χ4v) is 2.47. The van der Waals surface area contributed by atoms with Crippen LogP contribution in [0.1, 0.15) is 17.3 Å². The normalized spacial score (nSPS) is 10.8. The van der Waals surface area contributed by atoms with Gasteiger partial charge in [-0.15, -0.1) is 0 Å². The predicted molar refractivity (Wildman–Crippen MR) is 85.2 cm³/mol. The summed E-state index contributed by atoms with van der Waals surface area (Å²) in [7, 11) is 0. The molecule has 122 valence electrons. The van der Waals surface area contributed by atoms with E-state index in [4.69, 9.17) is 4.74 Å².